The van der Waals surface area contributed by atoms with Crippen LogP contribution in [0.15, 0.2) is 0 Å². The van der Waals surface area contributed by atoms with Gasteiger partial charge in [0.05, 0.1) is 4.92 Å². The first-order chi connectivity index (χ1) is 9.42. The molecule has 20 heavy (non-hydrogen) atoms. The number of rotatable bonds is 7. The van der Waals surface area contributed by atoms with Crippen LogP contribution in [0.1, 0.15) is 25.5 Å². The molecule has 2 N–H and O–H groups in total. The van der Waals surface area contributed by atoms with Crippen LogP contribution in [0.5, 0.6) is 0 Å². The van der Waals surface area contributed by atoms with Gasteiger partial charge in [-0.3, -0.25) is 10.1 Å². The lowest BCUT2D eigenvalue weighted by molar-refractivity contribution is -0.384. The molecule has 0 aliphatic heterocycles. The molecule has 0 bridgehead atoms. The number of nitro groups is 1. The molecule has 1 aromatic heterocycles. The molecule has 0 spiro atoms. The van der Waals surface area contributed by atoms with Gasteiger partial charge in [0.1, 0.15) is 11.7 Å². The fourth-order valence-corrected chi connectivity index (χ4v) is 1.81. The fourth-order valence-electron chi connectivity index (χ4n) is 1.81. The Morgan fingerprint density at radius 1 is 1.70 bits per heavy atom. The molecule has 8 nitrogen and oxygen atoms in total. The summed E-state index contributed by atoms with van der Waals surface area (Å²) in [6.45, 7) is 1.88. The Labute approximate surface area is 115 Å². The topological polar surface area (TPSA) is 110 Å². The van der Waals surface area contributed by atoms with Crippen molar-refractivity contribution in [2.75, 3.05) is 5.32 Å². The minimum Gasteiger partial charge on any atom is -0.480 e. The lowest BCUT2D eigenvalue weighted by Gasteiger charge is -2.12. The van der Waals surface area contributed by atoms with Crippen LogP contribution in [0.4, 0.5) is 11.5 Å². The Kier molecular flexibility index (Phi) is 5.08. The van der Waals surface area contributed by atoms with E-state index in [-0.39, 0.29) is 17.9 Å². The number of terminal acetylenes is 1. The molecule has 1 atom stereocenters. The number of aromatic nitrogens is 2. The van der Waals surface area contributed by atoms with E-state index < -0.39 is 16.9 Å². The molecule has 0 saturated carbocycles. The Hall–Kier alpha value is -2.56. The monoisotopic (exact) mass is 280 g/mol. The van der Waals surface area contributed by atoms with E-state index in [1.807, 2.05) is 6.92 Å². The number of nitrogens with one attached hydrogen (secondary N) is 1. The molecule has 0 radical (unpaired) electrons. The molecule has 0 aliphatic rings. The summed E-state index contributed by atoms with van der Waals surface area (Å²) < 4.78 is 1.27. The largest absolute Gasteiger partial charge is 0.480 e. The second-order valence-corrected chi connectivity index (χ2v) is 4.22. The van der Waals surface area contributed by atoms with E-state index in [0.29, 0.717) is 18.5 Å². The highest BCUT2D eigenvalue weighted by Gasteiger charge is 2.29. The van der Waals surface area contributed by atoms with Crippen LogP contribution in [-0.4, -0.2) is 31.8 Å². The van der Waals surface area contributed by atoms with Crippen molar-refractivity contribution >= 4 is 17.5 Å². The lowest BCUT2D eigenvalue weighted by Crippen LogP contribution is -2.30. The highest BCUT2D eigenvalue weighted by atomic mass is 16.6. The van der Waals surface area contributed by atoms with Gasteiger partial charge in [-0.15, -0.1) is 12.3 Å². The first-order valence-electron chi connectivity index (χ1n) is 6.05. The Bertz CT molecular complexity index is 559. The minimum absolute atomic E-state index is 0.0566. The molecule has 0 fully saturated rings. The second-order valence-electron chi connectivity index (χ2n) is 4.22. The maximum atomic E-state index is 11.2. The SMILES string of the molecule is C#CCC(Nc1c([N+](=O)[O-])c(CCC)nn1C)C(=O)O. The Balaban J connectivity index is 3.19. The van der Waals surface area contributed by atoms with Gasteiger partial charge >= 0.3 is 11.7 Å². The number of hydrogen-bond acceptors (Lipinski definition) is 5. The number of aryl methyl sites for hydroxylation is 2. The number of carbonyl (C=O) groups is 1. The zero-order valence-corrected chi connectivity index (χ0v) is 11.3. The number of anilines is 1. The van der Waals surface area contributed by atoms with Crippen LogP contribution in [0.25, 0.3) is 0 Å². The summed E-state index contributed by atoms with van der Waals surface area (Å²) in [5, 5.41) is 26.9. The third kappa shape index (κ3) is 3.26. The van der Waals surface area contributed by atoms with Crippen LogP contribution in [-0.2, 0) is 18.3 Å². The van der Waals surface area contributed by atoms with Gasteiger partial charge in [0.2, 0.25) is 5.82 Å². The Morgan fingerprint density at radius 2 is 2.35 bits per heavy atom. The van der Waals surface area contributed by atoms with Crippen molar-refractivity contribution in [3.63, 3.8) is 0 Å². The van der Waals surface area contributed by atoms with Crippen LogP contribution >= 0.6 is 0 Å². The molecular weight excluding hydrogens is 264 g/mol. The Morgan fingerprint density at radius 3 is 2.80 bits per heavy atom. The molecule has 8 heteroatoms. The first-order valence-corrected chi connectivity index (χ1v) is 6.05. The zero-order chi connectivity index (χ0) is 15.3. The number of nitrogens with zero attached hydrogens (tertiary/aromatic N) is 3. The second kappa shape index (κ2) is 6.56. The van der Waals surface area contributed by atoms with E-state index in [9.17, 15) is 14.9 Å². The van der Waals surface area contributed by atoms with Gasteiger partial charge < -0.3 is 10.4 Å². The maximum absolute atomic E-state index is 11.2. The summed E-state index contributed by atoms with van der Waals surface area (Å²) >= 11 is 0. The van der Waals surface area contributed by atoms with Crippen molar-refractivity contribution < 1.29 is 14.8 Å². The van der Waals surface area contributed by atoms with Gasteiger partial charge in [-0.1, -0.05) is 13.3 Å². The van der Waals surface area contributed by atoms with E-state index in [2.05, 4.69) is 16.3 Å². The summed E-state index contributed by atoms with van der Waals surface area (Å²) in [6, 6.07) is -1.09. The summed E-state index contributed by atoms with van der Waals surface area (Å²) in [7, 11) is 1.52. The van der Waals surface area contributed by atoms with E-state index >= 15 is 0 Å². The van der Waals surface area contributed by atoms with Gasteiger partial charge in [-0.2, -0.15) is 5.10 Å². The zero-order valence-electron chi connectivity index (χ0n) is 11.3. The van der Waals surface area contributed by atoms with Gasteiger partial charge in [0.15, 0.2) is 0 Å². The average Bonchev–Trinajstić information content (AvgIpc) is 2.65. The summed E-state index contributed by atoms with van der Waals surface area (Å²) in [5.41, 5.74) is 0.130. The predicted octanol–water partition coefficient (Wildman–Crippen LogP) is 1.17. The first kappa shape index (κ1) is 15.5. The molecular formula is C12H16N4O4. The van der Waals surface area contributed by atoms with Gasteiger partial charge in [-0.05, 0) is 6.42 Å². The van der Waals surface area contributed by atoms with Crippen molar-refractivity contribution in [2.24, 2.45) is 7.05 Å². The number of carboxylic acids is 1. The van der Waals surface area contributed by atoms with Crippen molar-refractivity contribution in [1.29, 1.82) is 0 Å². The minimum atomic E-state index is -1.17. The van der Waals surface area contributed by atoms with Gasteiger partial charge in [0, 0.05) is 13.5 Å². The summed E-state index contributed by atoms with van der Waals surface area (Å²) in [4.78, 5) is 21.7. The number of carboxylic acid groups (broad SMARTS) is 1. The van der Waals surface area contributed by atoms with Crippen LogP contribution in [0.3, 0.4) is 0 Å². The highest BCUT2D eigenvalue weighted by Crippen LogP contribution is 2.29. The van der Waals surface area contributed by atoms with Crippen molar-refractivity contribution in [1.82, 2.24) is 9.78 Å². The number of hydrogen-bond donors (Lipinski definition) is 2. The number of aliphatic carboxylic acids is 1. The molecule has 0 aliphatic carbocycles. The van der Waals surface area contributed by atoms with Crippen molar-refractivity contribution in [3.8, 4) is 12.3 Å². The quantitative estimate of drug-likeness (QED) is 0.440. The molecule has 108 valence electrons. The molecule has 1 aromatic rings. The molecule has 1 rings (SSSR count). The van der Waals surface area contributed by atoms with Gasteiger partial charge in [0.25, 0.3) is 0 Å². The lowest BCUT2D eigenvalue weighted by atomic mass is 10.2. The van der Waals surface area contributed by atoms with Crippen LogP contribution < -0.4 is 5.32 Å². The predicted molar refractivity (Wildman–Crippen MR) is 72.4 cm³/mol. The van der Waals surface area contributed by atoms with E-state index in [1.54, 1.807) is 0 Å². The maximum Gasteiger partial charge on any atom is 0.334 e. The van der Waals surface area contributed by atoms with Gasteiger partial charge in [-0.25, -0.2) is 9.48 Å². The molecule has 0 aromatic carbocycles. The van der Waals surface area contributed by atoms with E-state index in [0.717, 1.165) is 0 Å². The smallest absolute Gasteiger partial charge is 0.334 e. The van der Waals surface area contributed by atoms with E-state index in [4.69, 9.17) is 11.5 Å². The summed E-state index contributed by atoms with van der Waals surface area (Å²) in [6.07, 6.45) is 6.16. The standard InChI is InChI=1S/C12H16N4O4/c1-4-6-8-10(16(19)20)11(15(3)14-8)13-9(7-5-2)12(17)18/h2,9,13H,4,6-7H2,1,3H3,(H,17,18). The molecule has 1 heterocycles. The molecule has 0 saturated heterocycles. The van der Waals surface area contributed by atoms with Crippen molar-refractivity contribution in [3.05, 3.63) is 15.8 Å². The van der Waals surface area contributed by atoms with Crippen LogP contribution in [0, 0.1) is 22.5 Å². The van der Waals surface area contributed by atoms with E-state index in [1.165, 1.54) is 11.7 Å². The summed E-state index contributed by atoms with van der Waals surface area (Å²) in [5.74, 6) is 1.11. The molecule has 0 amide bonds. The van der Waals surface area contributed by atoms with Crippen LogP contribution in [0.2, 0.25) is 0 Å². The molecule has 1 unspecified atom stereocenters. The third-order valence-corrected chi connectivity index (χ3v) is 2.69. The fraction of sp³-hybridized carbons (Fsp3) is 0.500. The van der Waals surface area contributed by atoms with Crippen molar-refractivity contribution in [2.45, 2.75) is 32.2 Å². The average molecular weight is 280 g/mol. The highest BCUT2D eigenvalue weighted by molar-refractivity contribution is 5.78. The third-order valence-electron chi connectivity index (χ3n) is 2.69. The normalized spacial score (nSPS) is 11.7.